The number of carbonyl (C=O) groups is 1. The van der Waals surface area contributed by atoms with Crippen molar-refractivity contribution in [3.05, 3.63) is 52.8 Å². The number of ether oxygens (including phenoxy) is 1. The number of hydrogen-bond donors (Lipinski definition) is 0. The number of alkyl halides is 3. The van der Waals surface area contributed by atoms with Crippen LogP contribution in [0.25, 0.3) is 0 Å². The van der Waals surface area contributed by atoms with Gasteiger partial charge in [-0.3, -0.25) is 9.48 Å². The van der Waals surface area contributed by atoms with Crippen LogP contribution in [0.2, 0.25) is 0 Å². The lowest BCUT2D eigenvalue weighted by molar-refractivity contribution is -0.145. The summed E-state index contributed by atoms with van der Waals surface area (Å²) in [6, 6.07) is 6.46. The van der Waals surface area contributed by atoms with Crippen molar-refractivity contribution in [2.24, 2.45) is 0 Å². The van der Waals surface area contributed by atoms with Crippen LogP contribution in [0.4, 0.5) is 13.2 Å². The first-order valence-corrected chi connectivity index (χ1v) is 7.08. The van der Waals surface area contributed by atoms with Crippen molar-refractivity contribution in [1.29, 1.82) is 0 Å². The normalized spacial score (nSPS) is 11.5. The van der Waals surface area contributed by atoms with Gasteiger partial charge in [0.2, 0.25) is 0 Å². The molecule has 4 nitrogen and oxygen atoms in total. The van der Waals surface area contributed by atoms with Gasteiger partial charge in [0, 0.05) is 5.69 Å². The summed E-state index contributed by atoms with van der Waals surface area (Å²) in [5, 5.41) is 4.24. The Morgan fingerprint density at radius 2 is 1.87 bits per heavy atom. The Morgan fingerprint density at radius 3 is 2.39 bits per heavy atom. The molecule has 2 aromatic rings. The van der Waals surface area contributed by atoms with Crippen LogP contribution < -0.4 is 0 Å². The van der Waals surface area contributed by atoms with Gasteiger partial charge in [0.15, 0.2) is 0 Å². The minimum atomic E-state index is -4.37. The number of rotatable bonds is 5. The molecule has 0 unspecified atom stereocenters. The smallest absolute Gasteiger partial charge is 0.416 e. The summed E-state index contributed by atoms with van der Waals surface area (Å²) in [6.45, 7) is 4.12. The highest BCUT2D eigenvalue weighted by molar-refractivity contribution is 5.69. The van der Waals surface area contributed by atoms with Crippen molar-refractivity contribution in [2.75, 3.05) is 0 Å². The zero-order valence-electron chi connectivity index (χ0n) is 12.9. The quantitative estimate of drug-likeness (QED) is 0.788. The molecule has 0 fully saturated rings. The Labute approximate surface area is 131 Å². The van der Waals surface area contributed by atoms with Crippen LogP contribution in [0.1, 0.15) is 28.9 Å². The van der Waals surface area contributed by atoms with Crippen LogP contribution in [0.3, 0.4) is 0 Å². The maximum Gasteiger partial charge on any atom is 0.416 e. The van der Waals surface area contributed by atoms with Gasteiger partial charge in [-0.2, -0.15) is 18.3 Å². The number of aryl methyl sites for hydroxylation is 3. The predicted octanol–water partition coefficient (Wildman–Crippen LogP) is 3.65. The van der Waals surface area contributed by atoms with Crippen molar-refractivity contribution >= 4 is 5.97 Å². The van der Waals surface area contributed by atoms with Crippen LogP contribution in [0.15, 0.2) is 30.3 Å². The first kappa shape index (κ1) is 17.1. The number of esters is 1. The third kappa shape index (κ3) is 4.84. The van der Waals surface area contributed by atoms with E-state index < -0.39 is 17.7 Å². The summed E-state index contributed by atoms with van der Waals surface area (Å²) in [6.07, 6.45) is -4.21. The molecule has 0 aliphatic heterocycles. The Balaban J connectivity index is 1.81. The Kier molecular flexibility index (Phi) is 5.08. The van der Waals surface area contributed by atoms with Gasteiger partial charge in [-0.05, 0) is 37.6 Å². The molecule has 0 saturated carbocycles. The molecule has 0 bridgehead atoms. The lowest BCUT2D eigenvalue weighted by atomic mass is 10.1. The highest BCUT2D eigenvalue weighted by Gasteiger charge is 2.29. The molecule has 0 aliphatic rings. The largest absolute Gasteiger partial charge is 0.461 e. The zero-order chi connectivity index (χ0) is 17.0. The molecule has 0 saturated heterocycles. The molecule has 0 amide bonds. The van der Waals surface area contributed by atoms with E-state index >= 15 is 0 Å². The van der Waals surface area contributed by atoms with Crippen LogP contribution in [0, 0.1) is 13.8 Å². The third-order valence-corrected chi connectivity index (χ3v) is 3.31. The fraction of sp³-hybridized carbons (Fsp3) is 0.375. The topological polar surface area (TPSA) is 44.1 Å². The van der Waals surface area contributed by atoms with E-state index in [0.29, 0.717) is 12.1 Å². The molecule has 1 aromatic heterocycles. The van der Waals surface area contributed by atoms with Crippen molar-refractivity contribution in [3.63, 3.8) is 0 Å². The lowest BCUT2D eigenvalue weighted by Gasteiger charge is -2.09. The summed E-state index contributed by atoms with van der Waals surface area (Å²) < 4.78 is 44.1. The number of carbonyl (C=O) groups excluding carboxylic acids is 1. The Bertz CT molecular complexity index is 676. The van der Waals surface area contributed by atoms with Gasteiger partial charge in [0.25, 0.3) is 0 Å². The Hall–Kier alpha value is -2.31. The van der Waals surface area contributed by atoms with Crippen LogP contribution >= 0.6 is 0 Å². The summed E-state index contributed by atoms with van der Waals surface area (Å²) in [7, 11) is 0. The van der Waals surface area contributed by atoms with Crippen LogP contribution in [-0.4, -0.2) is 15.7 Å². The fourth-order valence-corrected chi connectivity index (χ4v) is 2.12. The molecular formula is C16H17F3N2O2. The number of aromatic nitrogens is 2. The summed E-state index contributed by atoms with van der Waals surface area (Å²) in [5.41, 5.74) is 1.62. The minimum absolute atomic E-state index is 0.0475. The molecule has 1 aromatic carbocycles. The first-order chi connectivity index (χ1) is 10.8. The molecule has 0 spiro atoms. The zero-order valence-corrected chi connectivity index (χ0v) is 12.9. The number of halogens is 3. The van der Waals surface area contributed by atoms with E-state index in [1.807, 2.05) is 19.9 Å². The highest BCUT2D eigenvalue weighted by Crippen LogP contribution is 2.29. The van der Waals surface area contributed by atoms with Gasteiger partial charge in [0.1, 0.15) is 6.61 Å². The summed E-state index contributed by atoms with van der Waals surface area (Å²) >= 11 is 0. The van der Waals surface area contributed by atoms with Crippen molar-refractivity contribution in [3.8, 4) is 0 Å². The van der Waals surface area contributed by atoms with Crippen LogP contribution in [-0.2, 0) is 28.9 Å². The second kappa shape index (κ2) is 6.85. The molecule has 0 radical (unpaired) electrons. The maximum atomic E-state index is 12.4. The lowest BCUT2D eigenvalue weighted by Crippen LogP contribution is -2.11. The second-order valence-corrected chi connectivity index (χ2v) is 5.26. The van der Waals surface area contributed by atoms with Crippen molar-refractivity contribution in [1.82, 2.24) is 9.78 Å². The van der Waals surface area contributed by atoms with E-state index in [-0.39, 0.29) is 13.0 Å². The average molecular weight is 326 g/mol. The molecule has 23 heavy (non-hydrogen) atoms. The van der Waals surface area contributed by atoms with Gasteiger partial charge in [-0.15, -0.1) is 0 Å². The van der Waals surface area contributed by atoms with E-state index in [0.717, 1.165) is 23.5 Å². The molecule has 2 rings (SSSR count). The molecule has 0 aliphatic carbocycles. The molecule has 0 N–H and O–H groups in total. The molecular weight excluding hydrogens is 309 g/mol. The van der Waals surface area contributed by atoms with Gasteiger partial charge >= 0.3 is 12.1 Å². The maximum absolute atomic E-state index is 12.4. The molecule has 7 heteroatoms. The van der Waals surface area contributed by atoms with Gasteiger partial charge in [-0.1, -0.05) is 12.1 Å². The predicted molar refractivity (Wildman–Crippen MR) is 77.6 cm³/mol. The summed E-state index contributed by atoms with van der Waals surface area (Å²) in [4.78, 5) is 11.7. The Morgan fingerprint density at radius 1 is 1.22 bits per heavy atom. The highest BCUT2D eigenvalue weighted by atomic mass is 19.4. The second-order valence-electron chi connectivity index (χ2n) is 5.26. The van der Waals surface area contributed by atoms with Crippen molar-refractivity contribution < 1.29 is 22.7 Å². The standard InChI is InChI=1S/C16H17F3N2O2/c1-11-9-12(2)21(20-11)8-7-15(22)23-10-13-3-5-14(6-4-13)16(17,18)19/h3-6,9H,7-8,10H2,1-2H3. The number of benzene rings is 1. The first-order valence-electron chi connectivity index (χ1n) is 7.08. The van der Waals surface area contributed by atoms with E-state index in [2.05, 4.69) is 5.10 Å². The monoisotopic (exact) mass is 326 g/mol. The average Bonchev–Trinajstić information content (AvgIpc) is 2.80. The number of nitrogens with zero attached hydrogens (tertiary/aromatic N) is 2. The van der Waals surface area contributed by atoms with Gasteiger partial charge in [0.05, 0.1) is 24.2 Å². The molecule has 124 valence electrons. The van der Waals surface area contributed by atoms with E-state index in [4.69, 9.17) is 4.74 Å². The summed E-state index contributed by atoms with van der Waals surface area (Å²) in [5.74, 6) is -0.419. The molecule has 0 atom stereocenters. The van der Waals surface area contributed by atoms with Gasteiger partial charge < -0.3 is 4.74 Å². The van der Waals surface area contributed by atoms with E-state index in [1.165, 1.54) is 12.1 Å². The van der Waals surface area contributed by atoms with Crippen LogP contribution in [0.5, 0.6) is 0 Å². The van der Waals surface area contributed by atoms with Gasteiger partial charge in [-0.25, -0.2) is 0 Å². The SMILES string of the molecule is Cc1cc(C)n(CCC(=O)OCc2ccc(C(F)(F)F)cc2)n1. The molecule has 1 heterocycles. The number of hydrogen-bond acceptors (Lipinski definition) is 3. The van der Waals surface area contributed by atoms with Crippen molar-refractivity contribution in [2.45, 2.75) is 39.6 Å². The third-order valence-electron chi connectivity index (χ3n) is 3.31. The van der Waals surface area contributed by atoms with E-state index in [1.54, 1.807) is 4.68 Å². The minimum Gasteiger partial charge on any atom is -0.461 e. The fourth-order valence-electron chi connectivity index (χ4n) is 2.12. The van der Waals surface area contributed by atoms with E-state index in [9.17, 15) is 18.0 Å².